The summed E-state index contributed by atoms with van der Waals surface area (Å²) in [6, 6.07) is 15.7. The minimum atomic E-state index is -0.0908. The molecule has 0 bridgehead atoms. The molecule has 0 spiro atoms. The molecule has 2 amide bonds. The van der Waals surface area contributed by atoms with Crippen LogP contribution in [0.15, 0.2) is 48.5 Å². The second-order valence-electron chi connectivity index (χ2n) is 7.29. The van der Waals surface area contributed by atoms with Gasteiger partial charge in [0.1, 0.15) is 0 Å². The maximum Gasteiger partial charge on any atom is 0.229 e. The zero-order valence-corrected chi connectivity index (χ0v) is 17.4. The summed E-state index contributed by atoms with van der Waals surface area (Å²) in [7, 11) is 0. The largest absolute Gasteiger partial charge is 0.326 e. The molecule has 1 N–H and O–H groups in total. The molecule has 0 atom stereocenters. The van der Waals surface area contributed by atoms with Crippen molar-refractivity contribution < 1.29 is 9.59 Å². The summed E-state index contributed by atoms with van der Waals surface area (Å²) in [4.78, 5) is 32.1. The predicted molar refractivity (Wildman–Crippen MR) is 117 cm³/mol. The van der Waals surface area contributed by atoms with Gasteiger partial charge >= 0.3 is 0 Å². The van der Waals surface area contributed by atoms with Gasteiger partial charge in [-0.15, -0.1) is 11.3 Å². The van der Waals surface area contributed by atoms with Crippen LogP contribution in [0.5, 0.6) is 0 Å². The number of nitrogens with one attached hydrogen (secondary N) is 1. The van der Waals surface area contributed by atoms with Gasteiger partial charge in [0.2, 0.25) is 11.8 Å². The average Bonchev–Trinajstić information content (AvgIpc) is 3.28. The van der Waals surface area contributed by atoms with Crippen molar-refractivity contribution in [3.8, 4) is 11.3 Å². The number of amides is 2. The highest BCUT2D eigenvalue weighted by Crippen LogP contribution is 2.29. The molecule has 1 aliphatic rings. The standard InChI is InChI=1S/C23H23N3O2S/c1-15-8-10-17(11-9-15)23-20(29-16(2)24-23)14-21(27)25-18-5-3-6-19(13-18)26-12-4-7-22(26)28/h3,5-6,8-11,13H,4,7,12,14H2,1-2H3,(H,25,27). The molecule has 2 aromatic carbocycles. The molecule has 0 aliphatic carbocycles. The highest BCUT2D eigenvalue weighted by Gasteiger charge is 2.22. The fourth-order valence-electron chi connectivity index (χ4n) is 3.55. The Hall–Kier alpha value is -2.99. The first-order valence-electron chi connectivity index (χ1n) is 9.73. The summed E-state index contributed by atoms with van der Waals surface area (Å²) in [6.07, 6.45) is 1.73. The van der Waals surface area contributed by atoms with E-state index in [0.717, 1.165) is 39.8 Å². The monoisotopic (exact) mass is 405 g/mol. The summed E-state index contributed by atoms with van der Waals surface area (Å²) < 4.78 is 0. The van der Waals surface area contributed by atoms with Gasteiger partial charge < -0.3 is 10.2 Å². The van der Waals surface area contributed by atoms with Gasteiger partial charge in [0.05, 0.1) is 17.1 Å². The van der Waals surface area contributed by atoms with Crippen molar-refractivity contribution in [2.45, 2.75) is 33.1 Å². The van der Waals surface area contributed by atoms with E-state index in [4.69, 9.17) is 0 Å². The molecule has 3 aromatic rings. The van der Waals surface area contributed by atoms with E-state index >= 15 is 0 Å². The molecular formula is C23H23N3O2S. The van der Waals surface area contributed by atoms with Gasteiger partial charge in [-0.05, 0) is 38.5 Å². The van der Waals surface area contributed by atoms with Crippen molar-refractivity contribution in [3.63, 3.8) is 0 Å². The summed E-state index contributed by atoms with van der Waals surface area (Å²) >= 11 is 1.55. The maximum absolute atomic E-state index is 12.7. The quantitative estimate of drug-likeness (QED) is 0.667. The molecule has 1 fully saturated rings. The number of carbonyl (C=O) groups is 2. The Balaban J connectivity index is 1.50. The van der Waals surface area contributed by atoms with Crippen LogP contribution in [-0.4, -0.2) is 23.3 Å². The SMILES string of the molecule is Cc1ccc(-c2nc(C)sc2CC(=O)Nc2cccc(N3CCCC3=O)c2)cc1. The third-order valence-electron chi connectivity index (χ3n) is 4.97. The summed E-state index contributed by atoms with van der Waals surface area (Å²) in [5.74, 6) is 0.0447. The number of nitrogens with zero attached hydrogens (tertiary/aromatic N) is 2. The minimum Gasteiger partial charge on any atom is -0.326 e. The molecule has 6 heteroatoms. The van der Waals surface area contributed by atoms with E-state index in [9.17, 15) is 9.59 Å². The third-order valence-corrected chi connectivity index (χ3v) is 5.94. The average molecular weight is 406 g/mol. The molecule has 1 aliphatic heterocycles. The third kappa shape index (κ3) is 4.38. The number of benzene rings is 2. The Kier molecular flexibility index (Phi) is 5.45. The lowest BCUT2D eigenvalue weighted by Crippen LogP contribution is -2.23. The number of aryl methyl sites for hydroxylation is 2. The van der Waals surface area contributed by atoms with Gasteiger partial charge in [-0.1, -0.05) is 35.9 Å². The Morgan fingerprint density at radius 2 is 1.97 bits per heavy atom. The van der Waals surface area contributed by atoms with Gasteiger partial charge in [0.15, 0.2) is 0 Å². The number of aromatic nitrogens is 1. The van der Waals surface area contributed by atoms with E-state index in [1.54, 1.807) is 16.2 Å². The first-order chi connectivity index (χ1) is 14.0. The molecule has 2 heterocycles. The Morgan fingerprint density at radius 3 is 2.69 bits per heavy atom. The first kappa shape index (κ1) is 19.3. The van der Waals surface area contributed by atoms with Gasteiger partial charge in [-0.3, -0.25) is 9.59 Å². The molecule has 0 unspecified atom stereocenters. The fourth-order valence-corrected chi connectivity index (χ4v) is 4.51. The number of hydrogen-bond donors (Lipinski definition) is 1. The van der Waals surface area contributed by atoms with Gasteiger partial charge in [-0.25, -0.2) is 4.98 Å². The van der Waals surface area contributed by atoms with Crippen LogP contribution in [0.2, 0.25) is 0 Å². The lowest BCUT2D eigenvalue weighted by molar-refractivity contribution is -0.117. The zero-order valence-electron chi connectivity index (χ0n) is 16.6. The summed E-state index contributed by atoms with van der Waals surface area (Å²) in [6.45, 7) is 4.74. The number of hydrogen-bond acceptors (Lipinski definition) is 4. The smallest absolute Gasteiger partial charge is 0.229 e. The molecule has 0 radical (unpaired) electrons. The van der Waals surface area contributed by atoms with Crippen LogP contribution in [0, 0.1) is 13.8 Å². The number of carbonyl (C=O) groups excluding carboxylic acids is 2. The molecule has 4 rings (SSSR count). The van der Waals surface area contributed by atoms with E-state index in [0.29, 0.717) is 12.1 Å². The lowest BCUT2D eigenvalue weighted by Gasteiger charge is -2.16. The van der Waals surface area contributed by atoms with Crippen molar-refractivity contribution in [2.24, 2.45) is 0 Å². The van der Waals surface area contributed by atoms with Crippen molar-refractivity contribution in [1.29, 1.82) is 0 Å². The van der Waals surface area contributed by atoms with Crippen LogP contribution in [0.1, 0.15) is 28.3 Å². The summed E-state index contributed by atoms with van der Waals surface area (Å²) in [5.41, 5.74) is 4.62. The van der Waals surface area contributed by atoms with E-state index in [-0.39, 0.29) is 18.2 Å². The Morgan fingerprint density at radius 1 is 1.17 bits per heavy atom. The molecular weight excluding hydrogens is 382 g/mol. The van der Waals surface area contributed by atoms with Crippen molar-refractivity contribution in [2.75, 3.05) is 16.8 Å². The highest BCUT2D eigenvalue weighted by molar-refractivity contribution is 7.12. The molecule has 0 saturated carbocycles. The number of anilines is 2. The van der Waals surface area contributed by atoms with E-state index < -0.39 is 0 Å². The Labute approximate surface area is 174 Å². The summed E-state index contributed by atoms with van der Waals surface area (Å²) in [5, 5.41) is 3.91. The molecule has 1 aromatic heterocycles. The topological polar surface area (TPSA) is 62.3 Å². The maximum atomic E-state index is 12.7. The van der Waals surface area contributed by atoms with Gasteiger partial charge in [-0.2, -0.15) is 0 Å². The van der Waals surface area contributed by atoms with Crippen molar-refractivity contribution in [1.82, 2.24) is 4.98 Å². The zero-order chi connectivity index (χ0) is 20.4. The predicted octanol–water partition coefficient (Wildman–Crippen LogP) is 4.73. The lowest BCUT2D eigenvalue weighted by atomic mass is 10.1. The van der Waals surface area contributed by atoms with Crippen LogP contribution < -0.4 is 10.2 Å². The van der Waals surface area contributed by atoms with Gasteiger partial charge in [0.25, 0.3) is 0 Å². The molecule has 5 nitrogen and oxygen atoms in total. The number of rotatable bonds is 5. The first-order valence-corrected chi connectivity index (χ1v) is 10.5. The van der Waals surface area contributed by atoms with E-state index in [1.165, 1.54) is 5.56 Å². The minimum absolute atomic E-state index is 0.0908. The van der Waals surface area contributed by atoms with E-state index in [1.807, 2.05) is 50.2 Å². The number of thiazole rings is 1. The second-order valence-corrected chi connectivity index (χ2v) is 8.58. The van der Waals surface area contributed by atoms with Gasteiger partial charge in [0, 0.05) is 34.8 Å². The Bertz CT molecular complexity index is 1060. The van der Waals surface area contributed by atoms with E-state index in [2.05, 4.69) is 22.4 Å². The van der Waals surface area contributed by atoms with Crippen LogP contribution in [0.3, 0.4) is 0 Å². The fraction of sp³-hybridized carbons (Fsp3) is 0.261. The van der Waals surface area contributed by atoms with Crippen LogP contribution in [0.25, 0.3) is 11.3 Å². The molecule has 148 valence electrons. The second kappa shape index (κ2) is 8.17. The highest BCUT2D eigenvalue weighted by atomic mass is 32.1. The van der Waals surface area contributed by atoms with Crippen molar-refractivity contribution in [3.05, 3.63) is 64.0 Å². The van der Waals surface area contributed by atoms with Crippen LogP contribution in [0.4, 0.5) is 11.4 Å². The molecule has 29 heavy (non-hydrogen) atoms. The normalized spacial score (nSPS) is 13.7. The van der Waals surface area contributed by atoms with Crippen LogP contribution >= 0.6 is 11.3 Å². The van der Waals surface area contributed by atoms with Crippen LogP contribution in [-0.2, 0) is 16.0 Å². The molecule has 1 saturated heterocycles. The van der Waals surface area contributed by atoms with Crippen molar-refractivity contribution >= 4 is 34.5 Å².